The highest BCUT2D eigenvalue weighted by molar-refractivity contribution is 5.80. The number of hydrogen-bond acceptors (Lipinski definition) is 5. The van der Waals surface area contributed by atoms with Crippen molar-refractivity contribution in [1.82, 2.24) is 19.7 Å². The van der Waals surface area contributed by atoms with Gasteiger partial charge < -0.3 is 14.2 Å². The van der Waals surface area contributed by atoms with Crippen LogP contribution in [0.2, 0.25) is 0 Å². The van der Waals surface area contributed by atoms with E-state index < -0.39 is 0 Å². The zero-order valence-electron chi connectivity index (χ0n) is 13.9. The first-order chi connectivity index (χ1) is 12.3. The van der Waals surface area contributed by atoms with Gasteiger partial charge in [-0.2, -0.15) is 4.98 Å². The summed E-state index contributed by atoms with van der Waals surface area (Å²) in [6, 6.07) is 6.15. The first-order valence-corrected chi connectivity index (χ1v) is 8.95. The number of aromatic amines is 1. The van der Waals surface area contributed by atoms with Crippen molar-refractivity contribution in [2.75, 3.05) is 13.2 Å². The lowest BCUT2D eigenvalue weighted by molar-refractivity contribution is 0.192. The van der Waals surface area contributed by atoms with Crippen molar-refractivity contribution in [3.05, 3.63) is 34.5 Å². The molecule has 1 N–H and O–H groups in total. The summed E-state index contributed by atoms with van der Waals surface area (Å²) >= 11 is 0. The number of benzene rings is 1. The van der Waals surface area contributed by atoms with Gasteiger partial charge in [0.25, 0.3) is 5.89 Å². The molecule has 3 heterocycles. The number of imidazole rings is 1. The number of H-pyrrole nitrogens is 1. The lowest BCUT2D eigenvalue weighted by Gasteiger charge is -2.10. The summed E-state index contributed by atoms with van der Waals surface area (Å²) in [7, 11) is 0. The Morgan fingerprint density at radius 2 is 2.08 bits per heavy atom. The van der Waals surface area contributed by atoms with Gasteiger partial charge in [-0.1, -0.05) is 18.0 Å². The Balaban J connectivity index is 1.51. The highest BCUT2D eigenvalue weighted by Crippen LogP contribution is 2.32. The summed E-state index contributed by atoms with van der Waals surface area (Å²) in [5.41, 5.74) is 2.56. The zero-order valence-corrected chi connectivity index (χ0v) is 13.9. The van der Waals surface area contributed by atoms with Crippen molar-refractivity contribution in [2.24, 2.45) is 0 Å². The van der Waals surface area contributed by atoms with Crippen molar-refractivity contribution in [3.8, 4) is 11.5 Å². The Morgan fingerprint density at radius 1 is 1.20 bits per heavy atom. The number of ether oxygens (including phenoxy) is 1. The monoisotopic (exact) mass is 340 g/mol. The summed E-state index contributed by atoms with van der Waals surface area (Å²) in [4.78, 5) is 19.9. The normalized spacial score (nSPS) is 21.5. The first-order valence-electron chi connectivity index (χ1n) is 8.95. The standard InChI is InChI=1S/C18H20N4O3/c23-18-19-14-9-11(5-6-15(14)22(18)13-3-1-2-4-13)17-20-16(21-25-17)12-7-8-24-10-12/h5-6,9,12-13H,1-4,7-8,10H2,(H,19,23). The fourth-order valence-corrected chi connectivity index (χ4v) is 4.05. The van der Waals surface area contributed by atoms with Crippen LogP contribution in [0.3, 0.4) is 0 Å². The van der Waals surface area contributed by atoms with Crippen molar-refractivity contribution in [2.45, 2.75) is 44.1 Å². The topological polar surface area (TPSA) is 85.9 Å². The lowest BCUT2D eigenvalue weighted by Crippen LogP contribution is -2.20. The molecule has 1 saturated carbocycles. The second-order valence-electron chi connectivity index (χ2n) is 6.99. The molecule has 5 rings (SSSR count). The van der Waals surface area contributed by atoms with Gasteiger partial charge in [0.15, 0.2) is 5.82 Å². The van der Waals surface area contributed by atoms with E-state index in [1.807, 2.05) is 22.8 Å². The zero-order chi connectivity index (χ0) is 16.8. The number of nitrogens with one attached hydrogen (secondary N) is 1. The molecule has 1 aliphatic carbocycles. The van der Waals surface area contributed by atoms with Gasteiger partial charge in [0, 0.05) is 24.1 Å². The van der Waals surface area contributed by atoms with Gasteiger partial charge in [0.05, 0.1) is 17.6 Å². The molecule has 7 nitrogen and oxygen atoms in total. The molecule has 130 valence electrons. The molecule has 1 aromatic carbocycles. The SMILES string of the molecule is O=c1[nH]c2cc(-c3nc(C4CCOC4)no3)ccc2n1C1CCCC1. The maximum absolute atomic E-state index is 12.4. The fraction of sp³-hybridized carbons (Fsp3) is 0.500. The average molecular weight is 340 g/mol. The predicted molar refractivity (Wildman–Crippen MR) is 91.5 cm³/mol. The quantitative estimate of drug-likeness (QED) is 0.792. The Morgan fingerprint density at radius 3 is 2.88 bits per heavy atom. The van der Waals surface area contributed by atoms with Gasteiger partial charge in [0.2, 0.25) is 0 Å². The molecule has 3 aromatic rings. The molecule has 7 heteroatoms. The molecule has 2 aliphatic rings. The molecule has 1 atom stereocenters. The molecule has 0 amide bonds. The number of rotatable bonds is 3. The van der Waals surface area contributed by atoms with Crippen LogP contribution in [0.15, 0.2) is 27.5 Å². The third-order valence-corrected chi connectivity index (χ3v) is 5.39. The van der Waals surface area contributed by atoms with Gasteiger partial charge >= 0.3 is 5.69 Å². The van der Waals surface area contributed by atoms with Crippen LogP contribution in [0.25, 0.3) is 22.5 Å². The number of aromatic nitrogens is 4. The summed E-state index contributed by atoms with van der Waals surface area (Å²) in [5.74, 6) is 1.40. The molecule has 2 aromatic heterocycles. The van der Waals surface area contributed by atoms with Crippen LogP contribution in [-0.4, -0.2) is 32.9 Å². The van der Waals surface area contributed by atoms with E-state index >= 15 is 0 Å². The Hall–Kier alpha value is -2.41. The van der Waals surface area contributed by atoms with Crippen molar-refractivity contribution in [3.63, 3.8) is 0 Å². The molecule has 0 bridgehead atoms. The molecule has 1 unspecified atom stereocenters. The molecule has 1 saturated heterocycles. The van der Waals surface area contributed by atoms with E-state index in [0.29, 0.717) is 24.4 Å². The van der Waals surface area contributed by atoms with Crippen molar-refractivity contribution in [1.29, 1.82) is 0 Å². The van der Waals surface area contributed by atoms with Crippen LogP contribution < -0.4 is 5.69 Å². The molecule has 0 radical (unpaired) electrons. The Bertz CT molecular complexity index is 958. The molecule has 1 aliphatic heterocycles. The Labute approximate surface area is 144 Å². The van der Waals surface area contributed by atoms with Crippen LogP contribution in [-0.2, 0) is 4.74 Å². The number of fused-ring (bicyclic) bond motifs is 1. The van der Waals surface area contributed by atoms with Gasteiger partial charge in [0.1, 0.15) is 0 Å². The van der Waals surface area contributed by atoms with Crippen LogP contribution >= 0.6 is 0 Å². The number of nitrogens with zero attached hydrogens (tertiary/aromatic N) is 3. The van der Waals surface area contributed by atoms with Crippen molar-refractivity contribution >= 4 is 11.0 Å². The highest BCUT2D eigenvalue weighted by atomic mass is 16.5. The summed E-state index contributed by atoms with van der Waals surface area (Å²) < 4.78 is 12.7. The summed E-state index contributed by atoms with van der Waals surface area (Å²) in [5, 5.41) is 4.10. The van der Waals surface area contributed by atoms with Gasteiger partial charge in [-0.25, -0.2) is 4.79 Å². The van der Waals surface area contributed by atoms with Crippen LogP contribution in [0, 0.1) is 0 Å². The average Bonchev–Trinajstić information content (AvgIpc) is 3.38. The lowest BCUT2D eigenvalue weighted by atomic mass is 10.1. The minimum atomic E-state index is -0.0339. The highest BCUT2D eigenvalue weighted by Gasteiger charge is 2.24. The number of hydrogen-bond donors (Lipinski definition) is 1. The van der Waals surface area contributed by atoms with E-state index in [1.54, 1.807) is 0 Å². The van der Waals surface area contributed by atoms with Crippen LogP contribution in [0.5, 0.6) is 0 Å². The third-order valence-electron chi connectivity index (χ3n) is 5.39. The van der Waals surface area contributed by atoms with E-state index in [1.165, 1.54) is 12.8 Å². The van der Waals surface area contributed by atoms with E-state index in [0.717, 1.165) is 42.5 Å². The minimum absolute atomic E-state index is 0.0339. The van der Waals surface area contributed by atoms with Gasteiger partial charge in [-0.15, -0.1) is 0 Å². The molecular formula is C18H20N4O3. The van der Waals surface area contributed by atoms with E-state index in [4.69, 9.17) is 9.26 Å². The largest absolute Gasteiger partial charge is 0.381 e. The van der Waals surface area contributed by atoms with E-state index in [2.05, 4.69) is 15.1 Å². The second-order valence-corrected chi connectivity index (χ2v) is 6.99. The minimum Gasteiger partial charge on any atom is -0.381 e. The maximum atomic E-state index is 12.4. The van der Waals surface area contributed by atoms with Crippen molar-refractivity contribution < 1.29 is 9.26 Å². The van der Waals surface area contributed by atoms with E-state index in [-0.39, 0.29) is 11.6 Å². The third kappa shape index (κ3) is 2.50. The summed E-state index contributed by atoms with van der Waals surface area (Å²) in [6.45, 7) is 1.39. The molecule has 2 fully saturated rings. The predicted octanol–water partition coefficient (Wildman–Crippen LogP) is 3.00. The van der Waals surface area contributed by atoms with Gasteiger partial charge in [-0.05, 0) is 37.5 Å². The molecule has 25 heavy (non-hydrogen) atoms. The molecular weight excluding hydrogens is 320 g/mol. The smallest absolute Gasteiger partial charge is 0.326 e. The first kappa shape index (κ1) is 14.9. The second kappa shape index (κ2) is 5.84. The fourth-order valence-electron chi connectivity index (χ4n) is 4.05. The van der Waals surface area contributed by atoms with E-state index in [9.17, 15) is 4.79 Å². The van der Waals surface area contributed by atoms with Crippen LogP contribution in [0.4, 0.5) is 0 Å². The maximum Gasteiger partial charge on any atom is 0.326 e. The van der Waals surface area contributed by atoms with Gasteiger partial charge in [-0.3, -0.25) is 4.57 Å². The Kier molecular flexibility index (Phi) is 3.48. The molecule has 0 spiro atoms. The summed E-state index contributed by atoms with van der Waals surface area (Å²) in [6.07, 6.45) is 5.46. The van der Waals surface area contributed by atoms with Crippen LogP contribution in [0.1, 0.15) is 49.9 Å².